The van der Waals surface area contributed by atoms with E-state index in [4.69, 9.17) is 11.6 Å². The molecule has 32 heavy (non-hydrogen) atoms. The molecule has 0 saturated carbocycles. The number of hydrogen-bond acceptors (Lipinski definition) is 3. The Bertz CT molecular complexity index is 1210. The van der Waals surface area contributed by atoms with Crippen molar-refractivity contribution in [3.63, 3.8) is 0 Å². The van der Waals surface area contributed by atoms with Gasteiger partial charge in [-0.05, 0) is 36.2 Å². The molecule has 1 unspecified atom stereocenters. The zero-order chi connectivity index (χ0) is 23.0. The number of benzene rings is 2. The summed E-state index contributed by atoms with van der Waals surface area (Å²) in [6, 6.07) is 10.8. The zero-order valence-electron chi connectivity index (χ0n) is 16.8. The third kappa shape index (κ3) is 4.08. The van der Waals surface area contributed by atoms with Gasteiger partial charge in [0.25, 0.3) is 5.91 Å². The zero-order valence-corrected chi connectivity index (χ0v) is 17.6. The summed E-state index contributed by atoms with van der Waals surface area (Å²) < 4.78 is 41.0. The fourth-order valence-electron chi connectivity index (χ4n) is 3.73. The summed E-state index contributed by atoms with van der Waals surface area (Å²) in [6.45, 7) is 1.91. The number of amides is 2. The number of aryl methyl sites for hydroxylation is 1. The van der Waals surface area contributed by atoms with Gasteiger partial charge in [0.2, 0.25) is 5.91 Å². The Labute approximate surface area is 186 Å². The minimum Gasteiger partial charge on any atom is -0.325 e. The molecule has 2 aromatic carbocycles. The monoisotopic (exact) mass is 462 g/mol. The van der Waals surface area contributed by atoms with E-state index in [1.807, 2.05) is 13.0 Å². The molecule has 1 aliphatic rings. The van der Waals surface area contributed by atoms with Crippen molar-refractivity contribution in [3.8, 4) is 11.1 Å². The van der Waals surface area contributed by atoms with Gasteiger partial charge in [0.15, 0.2) is 0 Å². The number of carbonyl (C=O) groups excluding carboxylic acids is 2. The molecule has 0 saturated heterocycles. The molecule has 2 N–H and O–H groups in total. The van der Waals surface area contributed by atoms with E-state index in [0.29, 0.717) is 28.5 Å². The fourth-order valence-corrected chi connectivity index (χ4v) is 3.92. The van der Waals surface area contributed by atoms with Crippen molar-refractivity contribution < 1.29 is 22.8 Å². The Morgan fingerprint density at radius 2 is 1.97 bits per heavy atom. The van der Waals surface area contributed by atoms with Gasteiger partial charge in [0, 0.05) is 10.6 Å². The molecule has 0 spiro atoms. The van der Waals surface area contributed by atoms with Crippen molar-refractivity contribution in [2.45, 2.75) is 32.0 Å². The average molecular weight is 463 g/mol. The summed E-state index contributed by atoms with van der Waals surface area (Å²) in [5, 5.41) is 10.0. The molecule has 0 bridgehead atoms. The first kappa shape index (κ1) is 21.9. The highest BCUT2D eigenvalue weighted by Gasteiger charge is 2.38. The van der Waals surface area contributed by atoms with Gasteiger partial charge in [0.1, 0.15) is 11.9 Å². The van der Waals surface area contributed by atoms with Gasteiger partial charge in [-0.3, -0.25) is 9.59 Å². The molecular formula is C22H18ClF3N4O2. The predicted molar refractivity (Wildman–Crippen MR) is 114 cm³/mol. The second-order valence-corrected chi connectivity index (χ2v) is 7.72. The van der Waals surface area contributed by atoms with Crippen LogP contribution in [0, 0.1) is 0 Å². The number of rotatable bonds is 5. The van der Waals surface area contributed by atoms with Crippen molar-refractivity contribution in [2.24, 2.45) is 0 Å². The minimum atomic E-state index is -4.62. The van der Waals surface area contributed by atoms with Gasteiger partial charge < -0.3 is 10.6 Å². The summed E-state index contributed by atoms with van der Waals surface area (Å²) in [4.78, 5) is 25.2. The van der Waals surface area contributed by atoms with E-state index in [9.17, 15) is 22.8 Å². The van der Waals surface area contributed by atoms with Crippen LogP contribution in [0.3, 0.4) is 0 Å². The Morgan fingerprint density at radius 3 is 2.66 bits per heavy atom. The number of para-hydroxylation sites is 1. The Balaban J connectivity index is 1.62. The SMILES string of the molecule is CCc1nn2c(c1-c1cccc(Cl)c1)NC(=O)C2CC(=O)Nc1ccccc1C(F)(F)F. The van der Waals surface area contributed by atoms with Crippen LogP contribution in [0.4, 0.5) is 24.7 Å². The van der Waals surface area contributed by atoms with E-state index in [1.54, 1.807) is 18.2 Å². The average Bonchev–Trinajstić information content (AvgIpc) is 3.23. The number of carbonyl (C=O) groups is 2. The molecule has 3 aromatic rings. The number of alkyl halides is 3. The summed E-state index contributed by atoms with van der Waals surface area (Å²) in [5.74, 6) is -0.757. The van der Waals surface area contributed by atoms with E-state index < -0.39 is 29.6 Å². The molecular weight excluding hydrogens is 445 g/mol. The smallest absolute Gasteiger partial charge is 0.325 e. The molecule has 0 fully saturated rings. The van der Waals surface area contributed by atoms with Gasteiger partial charge in [-0.15, -0.1) is 0 Å². The molecule has 2 heterocycles. The molecule has 1 aromatic heterocycles. The van der Waals surface area contributed by atoms with Gasteiger partial charge in [0.05, 0.1) is 23.4 Å². The molecule has 0 aliphatic carbocycles. The maximum absolute atomic E-state index is 13.2. The van der Waals surface area contributed by atoms with Crippen LogP contribution < -0.4 is 10.6 Å². The number of halogens is 4. The highest BCUT2D eigenvalue weighted by atomic mass is 35.5. The van der Waals surface area contributed by atoms with E-state index in [-0.39, 0.29) is 12.1 Å². The molecule has 10 heteroatoms. The van der Waals surface area contributed by atoms with E-state index in [2.05, 4.69) is 15.7 Å². The lowest BCUT2D eigenvalue weighted by Crippen LogP contribution is -2.24. The summed E-state index contributed by atoms with van der Waals surface area (Å²) in [5.41, 5.74) is 0.849. The molecule has 1 atom stereocenters. The van der Waals surface area contributed by atoms with Crippen LogP contribution in [0.5, 0.6) is 0 Å². The van der Waals surface area contributed by atoms with Gasteiger partial charge in [-0.1, -0.05) is 42.8 Å². The molecule has 0 radical (unpaired) electrons. The highest BCUT2D eigenvalue weighted by Crippen LogP contribution is 2.40. The molecule has 166 valence electrons. The highest BCUT2D eigenvalue weighted by molar-refractivity contribution is 6.30. The largest absolute Gasteiger partial charge is 0.418 e. The maximum Gasteiger partial charge on any atom is 0.418 e. The second-order valence-electron chi connectivity index (χ2n) is 7.28. The third-order valence-corrected chi connectivity index (χ3v) is 5.39. The summed E-state index contributed by atoms with van der Waals surface area (Å²) in [6.07, 6.45) is -4.42. The van der Waals surface area contributed by atoms with Crippen LogP contribution in [-0.2, 0) is 22.2 Å². The van der Waals surface area contributed by atoms with Crippen molar-refractivity contribution in [2.75, 3.05) is 10.6 Å². The van der Waals surface area contributed by atoms with Crippen LogP contribution in [0.1, 0.15) is 30.6 Å². The predicted octanol–water partition coefficient (Wildman–Crippen LogP) is 5.31. The van der Waals surface area contributed by atoms with Crippen molar-refractivity contribution in [1.82, 2.24) is 9.78 Å². The topological polar surface area (TPSA) is 76.0 Å². The Kier molecular flexibility index (Phi) is 5.68. The minimum absolute atomic E-state index is 0.363. The fraction of sp³-hybridized carbons (Fsp3) is 0.227. The standard InChI is InChI=1S/C22H18ClF3N4O2/c1-2-15-19(12-6-5-7-13(23)10-12)20-28-21(32)17(30(20)29-15)11-18(31)27-16-9-4-3-8-14(16)22(24,25)26/h3-10,17H,2,11H2,1H3,(H,27,31)(H,28,32). The Hall–Kier alpha value is -3.33. The third-order valence-electron chi connectivity index (χ3n) is 5.16. The number of nitrogens with one attached hydrogen (secondary N) is 2. The van der Waals surface area contributed by atoms with Crippen LogP contribution in [0.25, 0.3) is 11.1 Å². The first-order valence-electron chi connectivity index (χ1n) is 9.83. The Morgan fingerprint density at radius 1 is 1.22 bits per heavy atom. The van der Waals surface area contributed by atoms with Gasteiger partial charge >= 0.3 is 6.18 Å². The van der Waals surface area contributed by atoms with Crippen LogP contribution in [-0.4, -0.2) is 21.6 Å². The number of aromatic nitrogens is 2. The number of nitrogens with zero attached hydrogens (tertiary/aromatic N) is 2. The van der Waals surface area contributed by atoms with Gasteiger partial charge in [-0.2, -0.15) is 18.3 Å². The number of anilines is 2. The van der Waals surface area contributed by atoms with E-state index in [1.165, 1.54) is 22.9 Å². The van der Waals surface area contributed by atoms with E-state index >= 15 is 0 Å². The second kappa shape index (κ2) is 8.31. The molecule has 2 amide bonds. The lowest BCUT2D eigenvalue weighted by molar-refractivity contribution is -0.137. The van der Waals surface area contributed by atoms with Gasteiger partial charge in [-0.25, -0.2) is 4.68 Å². The van der Waals surface area contributed by atoms with E-state index in [0.717, 1.165) is 11.6 Å². The van der Waals surface area contributed by atoms with Crippen molar-refractivity contribution in [3.05, 3.63) is 64.8 Å². The van der Waals surface area contributed by atoms with Crippen LogP contribution in [0.15, 0.2) is 48.5 Å². The molecule has 6 nitrogen and oxygen atoms in total. The normalized spacial score (nSPS) is 15.4. The number of fused-ring (bicyclic) bond motifs is 1. The summed E-state index contributed by atoms with van der Waals surface area (Å²) in [7, 11) is 0. The lowest BCUT2D eigenvalue weighted by atomic mass is 10.0. The summed E-state index contributed by atoms with van der Waals surface area (Å²) >= 11 is 6.11. The maximum atomic E-state index is 13.2. The number of hydrogen-bond donors (Lipinski definition) is 2. The first-order chi connectivity index (χ1) is 15.2. The quantitative estimate of drug-likeness (QED) is 0.539. The first-order valence-corrected chi connectivity index (χ1v) is 10.2. The van der Waals surface area contributed by atoms with Crippen molar-refractivity contribution >= 4 is 34.9 Å². The molecule has 4 rings (SSSR count). The van der Waals surface area contributed by atoms with Crippen LogP contribution >= 0.6 is 11.6 Å². The molecule has 1 aliphatic heterocycles. The lowest BCUT2D eigenvalue weighted by Gasteiger charge is -2.14. The van der Waals surface area contributed by atoms with Crippen molar-refractivity contribution in [1.29, 1.82) is 0 Å². The van der Waals surface area contributed by atoms with Crippen LogP contribution in [0.2, 0.25) is 5.02 Å².